The van der Waals surface area contributed by atoms with Gasteiger partial charge in [0.2, 0.25) is 0 Å². The molecule has 0 aromatic heterocycles. The average molecular weight is 477 g/mol. The smallest absolute Gasteiger partial charge is 0.307 e. The summed E-state index contributed by atoms with van der Waals surface area (Å²) in [4.78, 5) is 27.1. The van der Waals surface area contributed by atoms with Crippen LogP contribution in [0.15, 0.2) is 0 Å². The van der Waals surface area contributed by atoms with Crippen molar-refractivity contribution in [3.05, 3.63) is 0 Å². The molecule has 33 heavy (non-hydrogen) atoms. The lowest BCUT2D eigenvalue weighted by Gasteiger charge is -2.16. The van der Waals surface area contributed by atoms with Crippen molar-refractivity contribution in [2.45, 2.75) is 51.9 Å². The van der Waals surface area contributed by atoms with Crippen LogP contribution in [-0.4, -0.2) is 115 Å². The number of esters is 2. The van der Waals surface area contributed by atoms with Crippen LogP contribution in [0.2, 0.25) is 0 Å². The van der Waals surface area contributed by atoms with Crippen LogP contribution in [0.3, 0.4) is 0 Å². The van der Waals surface area contributed by atoms with E-state index in [1.54, 1.807) is 0 Å². The van der Waals surface area contributed by atoms with E-state index in [0.29, 0.717) is 65.6 Å². The lowest BCUT2D eigenvalue weighted by molar-refractivity contribution is -0.146. The highest BCUT2D eigenvalue weighted by atomic mass is 16.6. The number of hydrogen-bond acceptors (Lipinski definition) is 9. The van der Waals surface area contributed by atoms with Crippen LogP contribution in [0, 0.1) is 0 Å². The van der Waals surface area contributed by atoms with Gasteiger partial charge in [0.15, 0.2) is 0 Å². The minimum absolute atomic E-state index is 0.156. The molecule has 0 unspecified atom stereocenters. The Bertz CT molecular complexity index is 464. The molecule has 0 N–H and O–H groups in total. The van der Waals surface area contributed by atoms with Gasteiger partial charge in [0.25, 0.3) is 0 Å². The van der Waals surface area contributed by atoms with Gasteiger partial charge in [-0.25, -0.2) is 0 Å². The van der Waals surface area contributed by atoms with Crippen LogP contribution in [0.5, 0.6) is 0 Å². The molecule has 0 amide bonds. The van der Waals surface area contributed by atoms with E-state index >= 15 is 0 Å². The number of hydrogen-bond donors (Lipinski definition) is 0. The number of likely N-dealkylation sites (N-methyl/N-ethyl adjacent to an activating group) is 2. The molecule has 0 aromatic carbocycles. The van der Waals surface area contributed by atoms with Crippen molar-refractivity contribution in [1.29, 1.82) is 0 Å². The summed E-state index contributed by atoms with van der Waals surface area (Å²) in [6, 6.07) is 0. The first-order chi connectivity index (χ1) is 16.0. The standard InChI is InChI=1S/C24H48N2O7/c1-5-10-23(27)32-21-19-29-15-8-6-7-9-16-30-20-22-33-24(28)11-12-26(4)14-18-31-17-13-25(2)3/h5-22H2,1-4H3. The van der Waals surface area contributed by atoms with Crippen molar-refractivity contribution in [3.8, 4) is 0 Å². The molecule has 0 saturated carbocycles. The Morgan fingerprint density at radius 2 is 1.09 bits per heavy atom. The molecular weight excluding hydrogens is 428 g/mol. The van der Waals surface area contributed by atoms with Crippen molar-refractivity contribution >= 4 is 11.9 Å². The summed E-state index contributed by atoms with van der Waals surface area (Å²) in [5, 5.41) is 0. The average Bonchev–Trinajstić information content (AvgIpc) is 2.77. The molecule has 0 rings (SSSR count). The topological polar surface area (TPSA) is 86.8 Å². The van der Waals surface area contributed by atoms with Crippen molar-refractivity contribution < 1.29 is 33.3 Å². The number of carbonyl (C=O) groups is 2. The van der Waals surface area contributed by atoms with E-state index in [9.17, 15) is 9.59 Å². The van der Waals surface area contributed by atoms with E-state index in [2.05, 4.69) is 9.80 Å². The summed E-state index contributed by atoms with van der Waals surface area (Å²) in [5.41, 5.74) is 0. The van der Waals surface area contributed by atoms with E-state index in [4.69, 9.17) is 23.7 Å². The van der Waals surface area contributed by atoms with Gasteiger partial charge in [-0.2, -0.15) is 0 Å². The Morgan fingerprint density at radius 3 is 1.64 bits per heavy atom. The Kier molecular flexibility index (Phi) is 23.0. The summed E-state index contributed by atoms with van der Waals surface area (Å²) in [6.07, 6.45) is 5.75. The fraction of sp³-hybridized carbons (Fsp3) is 0.917. The zero-order valence-corrected chi connectivity index (χ0v) is 21.5. The highest BCUT2D eigenvalue weighted by Crippen LogP contribution is 2.01. The minimum Gasteiger partial charge on any atom is -0.463 e. The second kappa shape index (κ2) is 23.9. The highest BCUT2D eigenvalue weighted by molar-refractivity contribution is 5.69. The number of unbranched alkanes of at least 4 members (excludes halogenated alkanes) is 3. The maximum Gasteiger partial charge on any atom is 0.307 e. The van der Waals surface area contributed by atoms with Crippen LogP contribution in [-0.2, 0) is 33.3 Å². The fourth-order valence-corrected chi connectivity index (χ4v) is 2.71. The molecule has 0 spiro atoms. The summed E-state index contributed by atoms with van der Waals surface area (Å²) in [6.45, 7) is 8.57. The van der Waals surface area contributed by atoms with E-state index in [1.807, 2.05) is 28.1 Å². The van der Waals surface area contributed by atoms with Gasteiger partial charge in [0.05, 0.1) is 32.8 Å². The van der Waals surface area contributed by atoms with Crippen LogP contribution in [0.25, 0.3) is 0 Å². The van der Waals surface area contributed by atoms with Crippen molar-refractivity contribution in [2.24, 2.45) is 0 Å². The van der Waals surface area contributed by atoms with Gasteiger partial charge in [-0.1, -0.05) is 19.8 Å². The third kappa shape index (κ3) is 25.2. The monoisotopic (exact) mass is 476 g/mol. The van der Waals surface area contributed by atoms with Crippen LogP contribution >= 0.6 is 0 Å². The largest absolute Gasteiger partial charge is 0.463 e. The normalized spacial score (nSPS) is 11.3. The Morgan fingerprint density at radius 1 is 0.576 bits per heavy atom. The zero-order chi connectivity index (χ0) is 24.6. The second-order valence-electron chi connectivity index (χ2n) is 8.30. The lowest BCUT2D eigenvalue weighted by Crippen LogP contribution is -2.27. The number of carbonyl (C=O) groups excluding carboxylic acids is 2. The molecular formula is C24H48N2O7. The molecule has 0 aliphatic rings. The Labute approximate surface area is 201 Å². The van der Waals surface area contributed by atoms with E-state index in [-0.39, 0.29) is 11.9 Å². The summed E-state index contributed by atoms with van der Waals surface area (Å²) >= 11 is 0. The molecule has 0 bridgehead atoms. The van der Waals surface area contributed by atoms with Crippen molar-refractivity contribution in [3.63, 3.8) is 0 Å². The molecule has 0 aromatic rings. The molecule has 0 atom stereocenters. The minimum atomic E-state index is -0.195. The molecule has 9 heteroatoms. The molecule has 0 heterocycles. The molecule has 0 saturated heterocycles. The number of rotatable bonds is 24. The van der Waals surface area contributed by atoms with Gasteiger partial charge >= 0.3 is 11.9 Å². The predicted octanol–water partition coefficient (Wildman–Crippen LogP) is 2.37. The van der Waals surface area contributed by atoms with Gasteiger partial charge in [0.1, 0.15) is 13.2 Å². The molecule has 0 radical (unpaired) electrons. The number of nitrogens with zero attached hydrogens (tertiary/aromatic N) is 2. The van der Waals surface area contributed by atoms with Crippen LogP contribution in [0.1, 0.15) is 51.9 Å². The Balaban J connectivity index is 3.30. The molecule has 0 fully saturated rings. The first-order valence-corrected chi connectivity index (χ1v) is 12.3. The summed E-state index contributed by atoms with van der Waals surface area (Å²) in [7, 11) is 6.01. The highest BCUT2D eigenvalue weighted by Gasteiger charge is 2.06. The van der Waals surface area contributed by atoms with Gasteiger partial charge < -0.3 is 33.5 Å². The zero-order valence-electron chi connectivity index (χ0n) is 21.5. The van der Waals surface area contributed by atoms with Crippen LogP contribution < -0.4 is 0 Å². The van der Waals surface area contributed by atoms with E-state index in [1.165, 1.54) is 0 Å². The quantitative estimate of drug-likeness (QED) is 0.154. The summed E-state index contributed by atoms with van der Waals surface area (Å²) in [5.74, 6) is -0.352. The van der Waals surface area contributed by atoms with Crippen LogP contribution in [0.4, 0.5) is 0 Å². The summed E-state index contributed by atoms with van der Waals surface area (Å²) < 4.78 is 26.7. The second-order valence-corrected chi connectivity index (χ2v) is 8.30. The van der Waals surface area contributed by atoms with Gasteiger partial charge in [-0.05, 0) is 40.4 Å². The maximum atomic E-state index is 11.8. The first-order valence-electron chi connectivity index (χ1n) is 12.3. The number of ether oxygens (including phenoxy) is 5. The first kappa shape index (κ1) is 31.7. The van der Waals surface area contributed by atoms with E-state index in [0.717, 1.165) is 51.8 Å². The maximum absolute atomic E-state index is 11.8. The van der Waals surface area contributed by atoms with Gasteiger partial charge in [-0.3, -0.25) is 9.59 Å². The molecule has 0 aliphatic heterocycles. The predicted molar refractivity (Wildman–Crippen MR) is 128 cm³/mol. The van der Waals surface area contributed by atoms with Crippen molar-refractivity contribution in [1.82, 2.24) is 9.80 Å². The molecule has 196 valence electrons. The molecule has 9 nitrogen and oxygen atoms in total. The molecule has 0 aliphatic carbocycles. The fourth-order valence-electron chi connectivity index (χ4n) is 2.71. The lowest BCUT2D eigenvalue weighted by atomic mass is 10.2. The van der Waals surface area contributed by atoms with Gasteiger partial charge in [0, 0.05) is 39.3 Å². The van der Waals surface area contributed by atoms with E-state index < -0.39 is 0 Å². The van der Waals surface area contributed by atoms with Crippen molar-refractivity contribution in [2.75, 3.05) is 93.6 Å². The third-order valence-corrected chi connectivity index (χ3v) is 4.76. The third-order valence-electron chi connectivity index (χ3n) is 4.76. The SMILES string of the molecule is CCCC(=O)OCCOCCCCCCOCCOC(=O)CCN(C)CCOCCN(C)C. The Hall–Kier alpha value is -1.26. The van der Waals surface area contributed by atoms with Gasteiger partial charge in [-0.15, -0.1) is 0 Å².